The number of thiazole rings is 1. The topological polar surface area (TPSA) is 47.9 Å². The Morgan fingerprint density at radius 3 is 3.00 bits per heavy atom. The van der Waals surface area contributed by atoms with E-state index in [2.05, 4.69) is 15.0 Å². The monoisotopic (exact) mass is 277 g/mol. The molecule has 1 aromatic carbocycles. The largest absolute Gasteiger partial charge is 0.493 e. The van der Waals surface area contributed by atoms with Crippen molar-refractivity contribution in [3.8, 4) is 17.0 Å². The summed E-state index contributed by atoms with van der Waals surface area (Å²) in [5.41, 5.74) is 4.34. The number of nitrogens with zero attached hydrogens (tertiary/aromatic N) is 3. The number of hydrogen-bond acceptors (Lipinski definition) is 5. The number of hydrogen-bond donors (Lipinski definition) is 0. The van der Waals surface area contributed by atoms with Crippen LogP contribution >= 0.6 is 22.9 Å². The Morgan fingerprint density at radius 2 is 2.17 bits per heavy atom. The van der Waals surface area contributed by atoms with Crippen LogP contribution < -0.4 is 4.74 Å². The van der Waals surface area contributed by atoms with Crippen molar-refractivity contribution in [1.82, 2.24) is 15.0 Å². The summed E-state index contributed by atoms with van der Waals surface area (Å²) in [5.74, 6) is 0.592. The van der Waals surface area contributed by atoms with Crippen molar-refractivity contribution in [1.29, 1.82) is 0 Å². The minimum absolute atomic E-state index is 0.198. The highest BCUT2D eigenvalue weighted by atomic mass is 35.5. The SMILES string of the molecule is COc1cnc(Cl)nc1-c1ccc2scnc2c1. The van der Waals surface area contributed by atoms with Gasteiger partial charge in [0.15, 0.2) is 5.75 Å². The van der Waals surface area contributed by atoms with E-state index in [1.54, 1.807) is 24.6 Å². The van der Waals surface area contributed by atoms with Crippen LogP contribution in [0.1, 0.15) is 0 Å². The van der Waals surface area contributed by atoms with Crippen molar-refractivity contribution in [2.24, 2.45) is 0 Å². The van der Waals surface area contributed by atoms with E-state index in [1.807, 2.05) is 23.7 Å². The Morgan fingerprint density at radius 1 is 1.28 bits per heavy atom. The Bertz CT molecular complexity index is 713. The maximum atomic E-state index is 5.83. The Balaban J connectivity index is 2.21. The van der Waals surface area contributed by atoms with Gasteiger partial charge in [-0.1, -0.05) is 6.07 Å². The summed E-state index contributed by atoms with van der Waals surface area (Å²) in [7, 11) is 1.58. The van der Waals surface area contributed by atoms with Crippen LogP contribution in [-0.2, 0) is 0 Å². The fourth-order valence-corrected chi connectivity index (χ4v) is 2.50. The van der Waals surface area contributed by atoms with E-state index in [0.717, 1.165) is 15.8 Å². The maximum Gasteiger partial charge on any atom is 0.223 e. The molecule has 0 bridgehead atoms. The zero-order valence-corrected chi connectivity index (χ0v) is 11.0. The van der Waals surface area contributed by atoms with Gasteiger partial charge in [0.05, 0.1) is 29.0 Å². The molecule has 0 aliphatic carbocycles. The predicted octanol–water partition coefficient (Wildman–Crippen LogP) is 3.42. The van der Waals surface area contributed by atoms with Gasteiger partial charge in [-0.05, 0) is 23.7 Å². The molecular formula is C12H8ClN3OS. The van der Waals surface area contributed by atoms with Crippen LogP contribution in [0.25, 0.3) is 21.5 Å². The smallest absolute Gasteiger partial charge is 0.223 e. The first-order valence-electron chi connectivity index (χ1n) is 5.18. The molecular weight excluding hydrogens is 270 g/mol. The molecule has 0 spiro atoms. The molecule has 0 saturated heterocycles. The molecule has 4 nitrogen and oxygen atoms in total. The average molecular weight is 278 g/mol. The van der Waals surface area contributed by atoms with Gasteiger partial charge < -0.3 is 4.74 Å². The molecule has 6 heteroatoms. The van der Waals surface area contributed by atoms with Gasteiger partial charge in [-0.3, -0.25) is 0 Å². The van der Waals surface area contributed by atoms with Crippen molar-refractivity contribution in [3.63, 3.8) is 0 Å². The minimum Gasteiger partial charge on any atom is -0.493 e. The normalized spacial score (nSPS) is 10.8. The molecule has 0 atom stereocenters. The molecule has 0 saturated carbocycles. The minimum atomic E-state index is 0.198. The predicted molar refractivity (Wildman–Crippen MR) is 72.2 cm³/mol. The maximum absolute atomic E-state index is 5.83. The quantitative estimate of drug-likeness (QED) is 0.674. The summed E-state index contributed by atoms with van der Waals surface area (Å²) in [5, 5.41) is 0.198. The van der Waals surface area contributed by atoms with Crippen LogP contribution in [0.15, 0.2) is 29.9 Å². The Labute approximate surface area is 112 Å². The number of rotatable bonds is 2. The van der Waals surface area contributed by atoms with E-state index in [9.17, 15) is 0 Å². The first-order chi connectivity index (χ1) is 8.78. The zero-order chi connectivity index (χ0) is 12.5. The third-order valence-corrected chi connectivity index (χ3v) is 3.54. The average Bonchev–Trinajstić information content (AvgIpc) is 2.85. The highest BCUT2D eigenvalue weighted by Crippen LogP contribution is 2.30. The molecule has 2 aromatic heterocycles. The molecule has 0 fully saturated rings. The van der Waals surface area contributed by atoms with Gasteiger partial charge in [0.25, 0.3) is 0 Å². The number of ether oxygens (including phenoxy) is 1. The van der Waals surface area contributed by atoms with E-state index >= 15 is 0 Å². The second-order valence-corrected chi connectivity index (χ2v) is 4.82. The number of fused-ring (bicyclic) bond motifs is 1. The van der Waals surface area contributed by atoms with E-state index in [1.165, 1.54) is 0 Å². The first kappa shape index (κ1) is 11.4. The van der Waals surface area contributed by atoms with Crippen LogP contribution in [0.2, 0.25) is 5.28 Å². The van der Waals surface area contributed by atoms with Crippen molar-refractivity contribution < 1.29 is 4.74 Å². The van der Waals surface area contributed by atoms with Gasteiger partial charge in [-0.25, -0.2) is 15.0 Å². The number of halogens is 1. The van der Waals surface area contributed by atoms with Crippen LogP contribution in [0.3, 0.4) is 0 Å². The molecule has 0 N–H and O–H groups in total. The van der Waals surface area contributed by atoms with Crippen molar-refractivity contribution in [2.45, 2.75) is 0 Å². The lowest BCUT2D eigenvalue weighted by atomic mass is 10.1. The molecule has 0 aliphatic rings. The van der Waals surface area contributed by atoms with Gasteiger partial charge in [-0.15, -0.1) is 11.3 Å². The summed E-state index contributed by atoms with van der Waals surface area (Å²) in [6.07, 6.45) is 1.57. The molecule has 3 rings (SSSR count). The zero-order valence-electron chi connectivity index (χ0n) is 9.42. The van der Waals surface area contributed by atoms with Gasteiger partial charge in [0.2, 0.25) is 5.28 Å². The molecule has 90 valence electrons. The van der Waals surface area contributed by atoms with E-state index in [4.69, 9.17) is 16.3 Å². The van der Waals surface area contributed by atoms with Crippen molar-refractivity contribution in [3.05, 3.63) is 35.2 Å². The van der Waals surface area contributed by atoms with Crippen LogP contribution in [0, 0.1) is 0 Å². The molecule has 0 amide bonds. The van der Waals surface area contributed by atoms with Gasteiger partial charge in [0, 0.05) is 5.56 Å². The molecule has 18 heavy (non-hydrogen) atoms. The van der Waals surface area contributed by atoms with Crippen molar-refractivity contribution in [2.75, 3.05) is 7.11 Å². The second kappa shape index (κ2) is 4.51. The van der Waals surface area contributed by atoms with Crippen LogP contribution in [0.5, 0.6) is 5.75 Å². The summed E-state index contributed by atoms with van der Waals surface area (Å²) < 4.78 is 6.38. The lowest BCUT2D eigenvalue weighted by Gasteiger charge is -2.07. The third-order valence-electron chi connectivity index (χ3n) is 2.55. The lowest BCUT2D eigenvalue weighted by molar-refractivity contribution is 0.412. The second-order valence-electron chi connectivity index (χ2n) is 3.59. The highest BCUT2D eigenvalue weighted by Gasteiger charge is 2.10. The Hall–Kier alpha value is -1.72. The Kier molecular flexibility index (Phi) is 2.85. The lowest BCUT2D eigenvalue weighted by Crippen LogP contribution is -1.93. The number of methoxy groups -OCH3 is 1. The first-order valence-corrected chi connectivity index (χ1v) is 6.44. The molecule has 0 unspecified atom stereocenters. The third kappa shape index (κ3) is 1.91. The van der Waals surface area contributed by atoms with Crippen LogP contribution in [-0.4, -0.2) is 22.1 Å². The van der Waals surface area contributed by atoms with E-state index < -0.39 is 0 Å². The summed E-state index contributed by atoms with van der Waals surface area (Å²) in [4.78, 5) is 12.4. The summed E-state index contributed by atoms with van der Waals surface area (Å²) >= 11 is 7.43. The molecule has 0 radical (unpaired) electrons. The van der Waals surface area contributed by atoms with Gasteiger partial charge >= 0.3 is 0 Å². The molecule has 2 heterocycles. The fraction of sp³-hybridized carbons (Fsp3) is 0.0833. The standard InChI is InChI=1S/C12H8ClN3OS/c1-17-9-5-14-12(13)16-11(9)7-2-3-10-8(4-7)15-6-18-10/h2-6H,1H3. The van der Waals surface area contributed by atoms with E-state index in [-0.39, 0.29) is 5.28 Å². The van der Waals surface area contributed by atoms with Crippen LogP contribution in [0.4, 0.5) is 0 Å². The molecule has 3 aromatic rings. The summed E-state index contributed by atoms with van der Waals surface area (Å²) in [6.45, 7) is 0. The molecule has 0 aliphatic heterocycles. The van der Waals surface area contributed by atoms with Gasteiger partial charge in [0.1, 0.15) is 5.69 Å². The fourth-order valence-electron chi connectivity index (χ4n) is 1.71. The van der Waals surface area contributed by atoms with Crippen molar-refractivity contribution >= 4 is 33.2 Å². The highest BCUT2D eigenvalue weighted by molar-refractivity contribution is 7.16. The summed E-state index contributed by atoms with van der Waals surface area (Å²) in [6, 6.07) is 5.95. The van der Waals surface area contributed by atoms with E-state index in [0.29, 0.717) is 11.4 Å². The van der Waals surface area contributed by atoms with Gasteiger partial charge in [-0.2, -0.15) is 0 Å². The number of aromatic nitrogens is 3. The number of benzene rings is 1.